The Hall–Kier alpha value is -3.32. The highest BCUT2D eigenvalue weighted by molar-refractivity contribution is 6.02. The number of hydrogen-bond donors (Lipinski definition) is 2. The van der Waals surface area contributed by atoms with Crippen LogP contribution in [0.5, 0.6) is 0 Å². The third kappa shape index (κ3) is 3.99. The van der Waals surface area contributed by atoms with Crippen LogP contribution in [0.25, 0.3) is 11.3 Å². The van der Waals surface area contributed by atoms with E-state index in [0.717, 1.165) is 31.6 Å². The monoisotopic (exact) mass is 379 g/mol. The highest BCUT2D eigenvalue weighted by Gasteiger charge is 2.20. The van der Waals surface area contributed by atoms with Crippen molar-refractivity contribution in [3.63, 3.8) is 0 Å². The first-order valence-corrected chi connectivity index (χ1v) is 9.26. The lowest BCUT2D eigenvalue weighted by Crippen LogP contribution is -2.33. The lowest BCUT2D eigenvalue weighted by Gasteiger charge is -2.18. The predicted octanol–water partition coefficient (Wildman–Crippen LogP) is 3.23. The Morgan fingerprint density at radius 3 is 2.61 bits per heavy atom. The van der Waals surface area contributed by atoms with Crippen LogP contribution in [0, 0.1) is 0 Å². The predicted molar refractivity (Wildman–Crippen MR) is 104 cm³/mol. The Labute approximate surface area is 162 Å². The van der Waals surface area contributed by atoms with Crippen molar-refractivity contribution in [2.24, 2.45) is 0 Å². The van der Waals surface area contributed by atoms with E-state index in [4.69, 9.17) is 8.83 Å². The number of nitrogens with zero attached hydrogens (tertiary/aromatic N) is 1. The van der Waals surface area contributed by atoms with E-state index in [2.05, 4.69) is 10.6 Å². The highest BCUT2D eigenvalue weighted by Crippen LogP contribution is 2.25. The zero-order valence-electron chi connectivity index (χ0n) is 15.3. The summed E-state index contributed by atoms with van der Waals surface area (Å²) in [5.74, 6) is 0.808. The van der Waals surface area contributed by atoms with Crippen LogP contribution >= 0.6 is 0 Å². The van der Waals surface area contributed by atoms with E-state index >= 15 is 0 Å². The van der Waals surface area contributed by atoms with Crippen molar-refractivity contribution in [3.05, 3.63) is 66.3 Å². The summed E-state index contributed by atoms with van der Waals surface area (Å²) in [4.78, 5) is 26.5. The third-order valence-electron chi connectivity index (χ3n) is 4.62. The fraction of sp³-hybridized carbons (Fsp3) is 0.238. The summed E-state index contributed by atoms with van der Waals surface area (Å²) >= 11 is 0. The minimum absolute atomic E-state index is 0.0859. The van der Waals surface area contributed by atoms with E-state index in [9.17, 15) is 9.59 Å². The first-order chi connectivity index (χ1) is 13.7. The molecule has 7 nitrogen and oxygen atoms in total. The Morgan fingerprint density at radius 1 is 0.964 bits per heavy atom. The van der Waals surface area contributed by atoms with Gasteiger partial charge in [-0.3, -0.25) is 9.59 Å². The fourth-order valence-corrected chi connectivity index (χ4v) is 3.13. The van der Waals surface area contributed by atoms with Crippen LogP contribution in [0.15, 0.2) is 63.6 Å². The molecule has 2 amide bonds. The molecule has 0 unspecified atom stereocenters. The molecule has 0 spiro atoms. The Bertz CT molecular complexity index is 936. The topological polar surface area (TPSA) is 87.7 Å². The van der Waals surface area contributed by atoms with E-state index in [1.54, 1.807) is 36.4 Å². The molecule has 0 bridgehead atoms. The van der Waals surface area contributed by atoms with Crippen molar-refractivity contribution in [2.75, 3.05) is 31.5 Å². The quantitative estimate of drug-likeness (QED) is 0.727. The molecule has 1 aromatic carbocycles. The Morgan fingerprint density at radius 2 is 1.82 bits per heavy atom. The van der Waals surface area contributed by atoms with Gasteiger partial charge in [0.15, 0.2) is 11.5 Å². The normalized spacial score (nSPS) is 14.5. The summed E-state index contributed by atoms with van der Waals surface area (Å²) in [5, 5.41) is 6.05. The number of anilines is 1. The van der Waals surface area contributed by atoms with Crippen molar-refractivity contribution in [2.45, 2.75) is 6.42 Å². The van der Waals surface area contributed by atoms with Gasteiger partial charge in [0.05, 0.1) is 6.26 Å². The van der Waals surface area contributed by atoms with E-state index in [1.807, 2.05) is 17.0 Å². The SMILES string of the molecule is O=C(Nc1ccc(-c2ccc(C(=O)N3CCCNCC3)o2)cc1)c1ccco1. The summed E-state index contributed by atoms with van der Waals surface area (Å²) in [5.41, 5.74) is 1.47. The largest absolute Gasteiger partial charge is 0.459 e. The second-order valence-corrected chi connectivity index (χ2v) is 6.57. The second-order valence-electron chi connectivity index (χ2n) is 6.57. The maximum absolute atomic E-state index is 12.6. The Kier molecular flexibility index (Phi) is 5.25. The third-order valence-corrected chi connectivity index (χ3v) is 4.62. The van der Waals surface area contributed by atoms with Gasteiger partial charge in [0.2, 0.25) is 0 Å². The molecule has 0 radical (unpaired) electrons. The first kappa shape index (κ1) is 18.1. The molecule has 0 saturated carbocycles. The molecule has 1 aliphatic heterocycles. The second kappa shape index (κ2) is 8.14. The van der Waals surface area contributed by atoms with E-state index in [-0.39, 0.29) is 17.6 Å². The van der Waals surface area contributed by atoms with Crippen molar-refractivity contribution in [1.29, 1.82) is 0 Å². The molecule has 2 aromatic heterocycles. The number of nitrogens with one attached hydrogen (secondary N) is 2. The fourth-order valence-electron chi connectivity index (χ4n) is 3.13. The van der Waals surface area contributed by atoms with Crippen LogP contribution in [0.2, 0.25) is 0 Å². The van der Waals surface area contributed by atoms with Crippen molar-refractivity contribution >= 4 is 17.5 Å². The molecule has 4 rings (SSSR count). The summed E-state index contributed by atoms with van der Waals surface area (Å²) in [7, 11) is 0. The number of hydrogen-bond acceptors (Lipinski definition) is 5. The molecule has 7 heteroatoms. The minimum Gasteiger partial charge on any atom is -0.459 e. The minimum atomic E-state index is -0.310. The van der Waals surface area contributed by atoms with Crippen LogP contribution in [0.4, 0.5) is 5.69 Å². The number of carbonyl (C=O) groups excluding carboxylic acids is 2. The average Bonchev–Trinajstić information content (AvgIpc) is 3.36. The molecule has 1 aliphatic rings. The smallest absolute Gasteiger partial charge is 0.291 e. The van der Waals surface area contributed by atoms with Gasteiger partial charge in [0.25, 0.3) is 11.8 Å². The van der Waals surface area contributed by atoms with Crippen LogP contribution in [-0.4, -0.2) is 42.9 Å². The standard InChI is InChI=1S/C21H21N3O4/c25-20(18-3-1-14-27-18)23-16-6-4-15(5-7-16)17-8-9-19(28-17)21(26)24-12-2-10-22-11-13-24/h1,3-9,14,22H,2,10-13H2,(H,23,25). The van der Waals surface area contributed by atoms with Crippen molar-refractivity contribution < 1.29 is 18.4 Å². The van der Waals surface area contributed by atoms with Crippen LogP contribution in [-0.2, 0) is 0 Å². The van der Waals surface area contributed by atoms with Gasteiger partial charge < -0.3 is 24.4 Å². The molecule has 3 heterocycles. The van der Waals surface area contributed by atoms with Gasteiger partial charge >= 0.3 is 0 Å². The van der Waals surface area contributed by atoms with Crippen LogP contribution in [0.1, 0.15) is 27.5 Å². The molecule has 3 aromatic rings. The lowest BCUT2D eigenvalue weighted by molar-refractivity contribution is 0.0735. The first-order valence-electron chi connectivity index (χ1n) is 9.26. The summed E-state index contributed by atoms with van der Waals surface area (Å²) in [6.07, 6.45) is 2.39. The lowest BCUT2D eigenvalue weighted by atomic mass is 10.1. The number of rotatable bonds is 4. The van der Waals surface area contributed by atoms with E-state index < -0.39 is 0 Å². The molecule has 1 saturated heterocycles. The Balaban J connectivity index is 1.43. The number of amides is 2. The van der Waals surface area contributed by atoms with E-state index in [1.165, 1.54) is 6.26 Å². The number of benzene rings is 1. The van der Waals surface area contributed by atoms with Gasteiger partial charge in [-0.1, -0.05) is 0 Å². The van der Waals surface area contributed by atoms with Gasteiger partial charge in [0.1, 0.15) is 5.76 Å². The molecule has 0 aliphatic carbocycles. The summed E-state index contributed by atoms with van der Waals surface area (Å²) < 4.78 is 10.9. The zero-order valence-corrected chi connectivity index (χ0v) is 15.3. The molecule has 2 N–H and O–H groups in total. The number of furan rings is 2. The van der Waals surface area contributed by atoms with Gasteiger partial charge in [-0.25, -0.2) is 0 Å². The van der Waals surface area contributed by atoms with Gasteiger partial charge in [0, 0.05) is 30.9 Å². The molecule has 144 valence electrons. The summed E-state index contributed by atoms with van der Waals surface area (Å²) in [6, 6.07) is 14.0. The van der Waals surface area contributed by atoms with Gasteiger partial charge in [-0.2, -0.15) is 0 Å². The maximum atomic E-state index is 12.6. The zero-order chi connectivity index (χ0) is 19.3. The molecular formula is C21H21N3O4. The molecule has 1 fully saturated rings. The summed E-state index contributed by atoms with van der Waals surface area (Å²) in [6.45, 7) is 3.13. The number of carbonyl (C=O) groups is 2. The van der Waals surface area contributed by atoms with Crippen molar-refractivity contribution in [3.8, 4) is 11.3 Å². The van der Waals surface area contributed by atoms with Crippen molar-refractivity contribution in [1.82, 2.24) is 10.2 Å². The molecule has 28 heavy (non-hydrogen) atoms. The highest BCUT2D eigenvalue weighted by atomic mass is 16.4. The maximum Gasteiger partial charge on any atom is 0.291 e. The van der Waals surface area contributed by atoms with Crippen LogP contribution < -0.4 is 10.6 Å². The van der Waals surface area contributed by atoms with Gasteiger partial charge in [-0.15, -0.1) is 0 Å². The molecule has 0 atom stereocenters. The van der Waals surface area contributed by atoms with E-state index in [0.29, 0.717) is 23.8 Å². The average molecular weight is 379 g/mol. The van der Waals surface area contributed by atoms with Gasteiger partial charge in [-0.05, 0) is 61.5 Å². The van der Waals surface area contributed by atoms with Crippen LogP contribution in [0.3, 0.4) is 0 Å². The molecular weight excluding hydrogens is 358 g/mol.